The first-order chi connectivity index (χ1) is 8.56. The molecule has 0 aliphatic carbocycles. The number of thioether (sulfide) groups is 1. The Labute approximate surface area is 114 Å². The maximum atomic E-state index is 12.0. The number of carbonyl (C=O) groups excluding carboxylic acids is 1. The summed E-state index contributed by atoms with van der Waals surface area (Å²) in [6.45, 7) is 4.65. The van der Waals surface area contributed by atoms with E-state index in [1.165, 1.54) is 0 Å². The van der Waals surface area contributed by atoms with Crippen molar-refractivity contribution in [2.75, 3.05) is 12.8 Å². The Morgan fingerprint density at radius 2 is 1.94 bits per heavy atom. The molecule has 0 fully saturated rings. The van der Waals surface area contributed by atoms with Gasteiger partial charge in [0, 0.05) is 17.8 Å². The molecule has 0 aliphatic heterocycles. The third-order valence-corrected chi connectivity index (χ3v) is 4.07. The SMILES string of the molecule is CSC(C)CNC(=O)C(C)C(N)c1ccccc1. The van der Waals surface area contributed by atoms with Gasteiger partial charge in [-0.3, -0.25) is 4.79 Å². The lowest BCUT2D eigenvalue weighted by molar-refractivity contribution is -0.125. The number of nitrogens with two attached hydrogens (primary N) is 1. The normalized spacial score (nSPS) is 15.8. The number of nitrogens with one attached hydrogen (secondary N) is 1. The second-order valence-electron chi connectivity index (χ2n) is 4.52. The highest BCUT2D eigenvalue weighted by Crippen LogP contribution is 2.19. The van der Waals surface area contributed by atoms with E-state index in [0.717, 1.165) is 5.56 Å². The minimum atomic E-state index is -0.254. The molecule has 4 heteroatoms. The second-order valence-corrected chi connectivity index (χ2v) is 5.79. The second kappa shape index (κ2) is 7.44. The van der Waals surface area contributed by atoms with Crippen LogP contribution in [0.3, 0.4) is 0 Å². The van der Waals surface area contributed by atoms with Gasteiger partial charge in [0.25, 0.3) is 0 Å². The van der Waals surface area contributed by atoms with Crippen molar-refractivity contribution in [3.05, 3.63) is 35.9 Å². The molecule has 3 nitrogen and oxygen atoms in total. The average Bonchev–Trinajstić information content (AvgIpc) is 2.43. The van der Waals surface area contributed by atoms with E-state index in [4.69, 9.17) is 5.73 Å². The average molecular weight is 266 g/mol. The van der Waals surface area contributed by atoms with E-state index < -0.39 is 0 Å². The van der Waals surface area contributed by atoms with Crippen molar-refractivity contribution in [2.45, 2.75) is 25.1 Å². The van der Waals surface area contributed by atoms with Crippen LogP contribution in [0.1, 0.15) is 25.5 Å². The molecule has 0 bridgehead atoms. The van der Waals surface area contributed by atoms with Crippen LogP contribution in [0.5, 0.6) is 0 Å². The molecule has 0 radical (unpaired) electrons. The van der Waals surface area contributed by atoms with E-state index in [1.807, 2.05) is 43.5 Å². The molecular weight excluding hydrogens is 244 g/mol. The van der Waals surface area contributed by atoms with Crippen LogP contribution in [0, 0.1) is 5.92 Å². The summed E-state index contributed by atoms with van der Waals surface area (Å²) < 4.78 is 0. The van der Waals surface area contributed by atoms with Crippen molar-refractivity contribution < 1.29 is 4.79 Å². The molecule has 3 N–H and O–H groups in total. The summed E-state index contributed by atoms with van der Waals surface area (Å²) >= 11 is 1.74. The molecule has 0 aromatic heterocycles. The van der Waals surface area contributed by atoms with Gasteiger partial charge < -0.3 is 11.1 Å². The summed E-state index contributed by atoms with van der Waals surface area (Å²) in [6.07, 6.45) is 2.04. The van der Waals surface area contributed by atoms with Crippen molar-refractivity contribution in [1.29, 1.82) is 0 Å². The lowest BCUT2D eigenvalue weighted by atomic mass is 9.95. The van der Waals surface area contributed by atoms with E-state index in [9.17, 15) is 4.79 Å². The molecule has 100 valence electrons. The Morgan fingerprint density at radius 1 is 1.33 bits per heavy atom. The molecule has 3 atom stereocenters. The third-order valence-electron chi connectivity index (χ3n) is 3.10. The first-order valence-corrected chi connectivity index (χ1v) is 7.46. The van der Waals surface area contributed by atoms with Gasteiger partial charge in [-0.2, -0.15) is 11.8 Å². The van der Waals surface area contributed by atoms with Crippen LogP contribution in [-0.4, -0.2) is 24.0 Å². The molecular formula is C14H22N2OS. The molecule has 0 aliphatic rings. The molecule has 1 rings (SSSR count). The topological polar surface area (TPSA) is 55.1 Å². The lowest BCUT2D eigenvalue weighted by Crippen LogP contribution is -2.38. The van der Waals surface area contributed by atoms with Gasteiger partial charge in [0.05, 0.1) is 5.92 Å². The monoisotopic (exact) mass is 266 g/mol. The zero-order valence-corrected chi connectivity index (χ0v) is 12.0. The highest BCUT2D eigenvalue weighted by molar-refractivity contribution is 7.99. The quantitative estimate of drug-likeness (QED) is 0.830. The van der Waals surface area contributed by atoms with Crippen LogP contribution >= 0.6 is 11.8 Å². The zero-order chi connectivity index (χ0) is 13.5. The van der Waals surface area contributed by atoms with Gasteiger partial charge in [0.15, 0.2) is 0 Å². The molecule has 0 spiro atoms. The van der Waals surface area contributed by atoms with Gasteiger partial charge >= 0.3 is 0 Å². The number of hydrogen-bond acceptors (Lipinski definition) is 3. The van der Waals surface area contributed by atoms with Crippen molar-refractivity contribution >= 4 is 17.7 Å². The van der Waals surface area contributed by atoms with E-state index in [1.54, 1.807) is 11.8 Å². The fourth-order valence-corrected chi connectivity index (χ4v) is 1.87. The van der Waals surface area contributed by atoms with Crippen molar-refractivity contribution in [2.24, 2.45) is 11.7 Å². The summed E-state index contributed by atoms with van der Waals surface area (Å²) in [5, 5.41) is 3.37. The van der Waals surface area contributed by atoms with Crippen LogP contribution in [0.25, 0.3) is 0 Å². The standard InChI is InChI=1S/C14H22N2OS/c1-10(18-3)9-16-14(17)11(2)13(15)12-7-5-4-6-8-12/h4-8,10-11,13H,9,15H2,1-3H3,(H,16,17). The Hall–Kier alpha value is -1.00. The number of benzene rings is 1. The molecule has 18 heavy (non-hydrogen) atoms. The van der Waals surface area contributed by atoms with Gasteiger partial charge in [0.2, 0.25) is 5.91 Å². The maximum absolute atomic E-state index is 12.0. The van der Waals surface area contributed by atoms with Crippen LogP contribution in [0.2, 0.25) is 0 Å². The van der Waals surface area contributed by atoms with Gasteiger partial charge in [-0.05, 0) is 11.8 Å². The van der Waals surface area contributed by atoms with Crippen LogP contribution in [0.15, 0.2) is 30.3 Å². The first kappa shape index (κ1) is 15.1. The minimum Gasteiger partial charge on any atom is -0.355 e. The van der Waals surface area contributed by atoms with Crippen molar-refractivity contribution in [3.63, 3.8) is 0 Å². The smallest absolute Gasteiger partial charge is 0.224 e. The summed E-state index contributed by atoms with van der Waals surface area (Å²) in [4.78, 5) is 12.0. The Bertz CT molecular complexity index is 369. The van der Waals surface area contributed by atoms with Crippen LogP contribution in [0.4, 0.5) is 0 Å². The minimum absolute atomic E-state index is 0.0206. The van der Waals surface area contributed by atoms with Crippen molar-refractivity contribution in [3.8, 4) is 0 Å². The maximum Gasteiger partial charge on any atom is 0.224 e. The fraction of sp³-hybridized carbons (Fsp3) is 0.500. The van der Waals surface area contributed by atoms with E-state index in [2.05, 4.69) is 12.2 Å². The summed E-state index contributed by atoms with van der Waals surface area (Å²) in [6, 6.07) is 9.49. The molecule has 0 saturated heterocycles. The van der Waals surface area contributed by atoms with Crippen LogP contribution < -0.4 is 11.1 Å². The molecule has 0 saturated carbocycles. The van der Waals surface area contributed by atoms with Gasteiger partial charge in [0.1, 0.15) is 0 Å². The predicted molar refractivity (Wildman–Crippen MR) is 78.5 cm³/mol. The zero-order valence-electron chi connectivity index (χ0n) is 11.2. The van der Waals surface area contributed by atoms with E-state index in [-0.39, 0.29) is 17.9 Å². The summed E-state index contributed by atoms with van der Waals surface area (Å²) in [7, 11) is 0. The van der Waals surface area contributed by atoms with Crippen LogP contribution in [-0.2, 0) is 4.79 Å². The van der Waals surface area contributed by atoms with Gasteiger partial charge in [-0.1, -0.05) is 44.2 Å². The largest absolute Gasteiger partial charge is 0.355 e. The number of carbonyl (C=O) groups is 1. The molecule has 0 heterocycles. The Morgan fingerprint density at radius 3 is 2.50 bits per heavy atom. The Kier molecular flexibility index (Phi) is 6.22. The number of rotatable bonds is 6. The number of hydrogen-bond donors (Lipinski definition) is 2. The third kappa shape index (κ3) is 4.35. The lowest BCUT2D eigenvalue weighted by Gasteiger charge is -2.20. The molecule has 3 unspecified atom stereocenters. The van der Waals surface area contributed by atoms with E-state index >= 15 is 0 Å². The first-order valence-electron chi connectivity index (χ1n) is 6.17. The summed E-state index contributed by atoms with van der Waals surface area (Å²) in [5.74, 6) is -0.200. The van der Waals surface area contributed by atoms with Gasteiger partial charge in [-0.15, -0.1) is 0 Å². The fourth-order valence-electron chi connectivity index (χ4n) is 1.62. The molecule has 1 aromatic rings. The highest BCUT2D eigenvalue weighted by Gasteiger charge is 2.21. The summed E-state index contributed by atoms with van der Waals surface area (Å²) in [5.41, 5.74) is 7.11. The molecule has 1 aromatic carbocycles. The van der Waals surface area contributed by atoms with Gasteiger partial charge in [-0.25, -0.2) is 0 Å². The van der Waals surface area contributed by atoms with Crippen molar-refractivity contribution in [1.82, 2.24) is 5.32 Å². The molecule has 1 amide bonds. The number of amides is 1. The van der Waals surface area contributed by atoms with E-state index in [0.29, 0.717) is 11.8 Å². The highest BCUT2D eigenvalue weighted by atomic mass is 32.2. The Balaban J connectivity index is 2.53. The predicted octanol–water partition coefficient (Wildman–Crippen LogP) is 2.19.